The maximum Gasteiger partial charge on any atom is 0.347 e. The molecule has 0 radical (unpaired) electrons. The van der Waals surface area contributed by atoms with Crippen LogP contribution < -0.4 is 10.1 Å². The lowest BCUT2D eigenvalue weighted by Gasteiger charge is -2.18. The van der Waals surface area contributed by atoms with Gasteiger partial charge >= 0.3 is 5.97 Å². The SMILES string of the molecule is Cc1ccc(Cl)cc1NC(=O)[C@@H](C)OC(=O)[C@H](C)Oc1ccc(Cl)cc1. The molecule has 26 heavy (non-hydrogen) atoms. The van der Waals surface area contributed by atoms with Crippen molar-refractivity contribution < 1.29 is 19.1 Å². The molecular formula is C19H19Cl2NO4. The highest BCUT2D eigenvalue weighted by Gasteiger charge is 2.23. The molecule has 1 N–H and O–H groups in total. The molecule has 2 rings (SSSR count). The minimum Gasteiger partial charge on any atom is -0.479 e. The predicted molar refractivity (Wildman–Crippen MR) is 102 cm³/mol. The summed E-state index contributed by atoms with van der Waals surface area (Å²) in [6.07, 6.45) is -1.86. The Balaban J connectivity index is 1.91. The lowest BCUT2D eigenvalue weighted by molar-refractivity contribution is -0.159. The van der Waals surface area contributed by atoms with Crippen LogP contribution in [-0.4, -0.2) is 24.1 Å². The van der Waals surface area contributed by atoms with E-state index in [2.05, 4.69) is 5.32 Å². The van der Waals surface area contributed by atoms with Gasteiger partial charge in [-0.25, -0.2) is 4.79 Å². The van der Waals surface area contributed by atoms with Gasteiger partial charge in [0.25, 0.3) is 5.91 Å². The zero-order valence-corrected chi connectivity index (χ0v) is 16.1. The van der Waals surface area contributed by atoms with Crippen molar-refractivity contribution in [2.45, 2.75) is 33.0 Å². The molecule has 0 fully saturated rings. The molecule has 0 aliphatic heterocycles. The summed E-state index contributed by atoms with van der Waals surface area (Å²) >= 11 is 11.7. The largest absolute Gasteiger partial charge is 0.479 e. The summed E-state index contributed by atoms with van der Waals surface area (Å²) < 4.78 is 10.7. The first-order chi connectivity index (χ1) is 12.3. The minimum atomic E-state index is -0.989. The van der Waals surface area contributed by atoms with Gasteiger partial charge in [0.05, 0.1) is 0 Å². The van der Waals surface area contributed by atoms with Crippen molar-refractivity contribution in [1.29, 1.82) is 0 Å². The monoisotopic (exact) mass is 395 g/mol. The molecule has 0 aromatic heterocycles. The van der Waals surface area contributed by atoms with E-state index in [1.807, 2.05) is 6.92 Å². The summed E-state index contributed by atoms with van der Waals surface area (Å²) in [5, 5.41) is 3.76. The van der Waals surface area contributed by atoms with Gasteiger partial charge in [0.1, 0.15) is 5.75 Å². The summed E-state index contributed by atoms with van der Waals surface area (Å²) in [5.41, 5.74) is 1.41. The number of esters is 1. The Kier molecular flexibility index (Phi) is 6.89. The minimum absolute atomic E-state index is 0.456. The van der Waals surface area contributed by atoms with Crippen LogP contribution in [-0.2, 0) is 14.3 Å². The Bertz CT molecular complexity index is 793. The van der Waals surface area contributed by atoms with Crippen LogP contribution in [0.2, 0.25) is 10.0 Å². The van der Waals surface area contributed by atoms with E-state index in [9.17, 15) is 9.59 Å². The van der Waals surface area contributed by atoms with Crippen LogP contribution in [0.1, 0.15) is 19.4 Å². The second kappa shape index (κ2) is 8.92. The first-order valence-electron chi connectivity index (χ1n) is 7.96. The summed E-state index contributed by atoms with van der Waals surface area (Å²) in [4.78, 5) is 24.4. The van der Waals surface area contributed by atoms with Crippen molar-refractivity contribution in [3.8, 4) is 5.75 Å². The number of amides is 1. The molecule has 0 bridgehead atoms. The quantitative estimate of drug-likeness (QED) is 0.723. The van der Waals surface area contributed by atoms with Crippen molar-refractivity contribution in [3.63, 3.8) is 0 Å². The van der Waals surface area contributed by atoms with Crippen molar-refractivity contribution in [2.24, 2.45) is 0 Å². The fourth-order valence-corrected chi connectivity index (χ4v) is 2.35. The van der Waals surface area contributed by atoms with Gasteiger partial charge in [0.15, 0.2) is 12.2 Å². The summed E-state index contributed by atoms with van der Waals surface area (Å²) in [7, 11) is 0. The fourth-order valence-electron chi connectivity index (χ4n) is 2.05. The van der Waals surface area contributed by atoms with Crippen molar-refractivity contribution in [2.75, 3.05) is 5.32 Å². The Morgan fingerprint density at radius 3 is 2.23 bits per heavy atom. The van der Waals surface area contributed by atoms with E-state index in [0.29, 0.717) is 21.5 Å². The van der Waals surface area contributed by atoms with Crippen LogP contribution in [0, 0.1) is 6.92 Å². The molecular weight excluding hydrogens is 377 g/mol. The third-order valence-electron chi connectivity index (χ3n) is 3.58. The Hall–Kier alpha value is -2.24. The smallest absolute Gasteiger partial charge is 0.347 e. The molecule has 0 spiro atoms. The van der Waals surface area contributed by atoms with Gasteiger partial charge in [-0.15, -0.1) is 0 Å². The number of ether oxygens (including phenoxy) is 2. The molecule has 0 heterocycles. The van der Waals surface area contributed by atoms with E-state index < -0.39 is 24.1 Å². The van der Waals surface area contributed by atoms with Crippen molar-refractivity contribution in [3.05, 3.63) is 58.1 Å². The number of halogens is 2. The van der Waals surface area contributed by atoms with Gasteiger partial charge in [-0.3, -0.25) is 4.79 Å². The molecule has 1 amide bonds. The number of benzene rings is 2. The van der Waals surface area contributed by atoms with Crippen molar-refractivity contribution >= 4 is 40.8 Å². The normalized spacial score (nSPS) is 12.8. The highest BCUT2D eigenvalue weighted by molar-refractivity contribution is 6.31. The van der Waals surface area contributed by atoms with E-state index in [0.717, 1.165) is 5.56 Å². The molecule has 138 valence electrons. The molecule has 0 unspecified atom stereocenters. The number of rotatable bonds is 6. The van der Waals surface area contributed by atoms with Crippen LogP contribution >= 0.6 is 23.2 Å². The van der Waals surface area contributed by atoms with E-state index >= 15 is 0 Å². The molecule has 0 aliphatic carbocycles. The number of carbonyl (C=O) groups excluding carboxylic acids is 2. The van der Waals surface area contributed by atoms with Gasteiger partial charge in [-0.2, -0.15) is 0 Å². The van der Waals surface area contributed by atoms with E-state index in [1.54, 1.807) is 49.4 Å². The van der Waals surface area contributed by atoms with Gasteiger partial charge in [0, 0.05) is 15.7 Å². The molecule has 2 aromatic rings. The van der Waals surface area contributed by atoms with Crippen LogP contribution in [0.25, 0.3) is 0 Å². The van der Waals surface area contributed by atoms with Crippen LogP contribution in [0.4, 0.5) is 5.69 Å². The number of hydrogen-bond donors (Lipinski definition) is 1. The van der Waals surface area contributed by atoms with E-state index in [-0.39, 0.29) is 0 Å². The molecule has 0 saturated heterocycles. The first kappa shape index (κ1) is 20.1. The maximum atomic E-state index is 12.2. The van der Waals surface area contributed by atoms with Crippen LogP contribution in [0.15, 0.2) is 42.5 Å². The number of anilines is 1. The number of hydrogen-bond acceptors (Lipinski definition) is 4. The third-order valence-corrected chi connectivity index (χ3v) is 4.07. The fraction of sp³-hybridized carbons (Fsp3) is 0.263. The Morgan fingerprint density at radius 1 is 0.962 bits per heavy atom. The zero-order chi connectivity index (χ0) is 19.3. The highest BCUT2D eigenvalue weighted by atomic mass is 35.5. The average Bonchev–Trinajstić information content (AvgIpc) is 2.59. The maximum absolute atomic E-state index is 12.2. The molecule has 0 aliphatic rings. The molecule has 2 atom stereocenters. The first-order valence-corrected chi connectivity index (χ1v) is 8.71. The molecule has 2 aromatic carbocycles. The van der Waals surface area contributed by atoms with Gasteiger partial charge in [-0.1, -0.05) is 29.3 Å². The van der Waals surface area contributed by atoms with Crippen molar-refractivity contribution in [1.82, 2.24) is 0 Å². The van der Waals surface area contributed by atoms with Gasteiger partial charge < -0.3 is 14.8 Å². The Morgan fingerprint density at radius 2 is 1.58 bits per heavy atom. The summed E-state index contributed by atoms with van der Waals surface area (Å²) in [6, 6.07) is 11.7. The van der Waals surface area contributed by atoms with Gasteiger partial charge in [0.2, 0.25) is 0 Å². The lowest BCUT2D eigenvalue weighted by atomic mass is 10.2. The van der Waals surface area contributed by atoms with E-state index in [4.69, 9.17) is 32.7 Å². The Labute approximate surface area is 162 Å². The number of aryl methyl sites for hydroxylation is 1. The second-order valence-electron chi connectivity index (χ2n) is 5.74. The zero-order valence-electron chi connectivity index (χ0n) is 14.6. The molecule has 5 nitrogen and oxygen atoms in total. The lowest BCUT2D eigenvalue weighted by Crippen LogP contribution is -2.35. The van der Waals surface area contributed by atoms with Crippen LogP contribution in [0.3, 0.4) is 0 Å². The summed E-state index contributed by atoms with van der Waals surface area (Å²) in [6.45, 7) is 4.87. The molecule has 0 saturated carbocycles. The average molecular weight is 396 g/mol. The number of nitrogens with one attached hydrogen (secondary N) is 1. The van der Waals surface area contributed by atoms with Gasteiger partial charge in [-0.05, 0) is 62.7 Å². The highest BCUT2D eigenvalue weighted by Crippen LogP contribution is 2.21. The van der Waals surface area contributed by atoms with E-state index in [1.165, 1.54) is 6.92 Å². The second-order valence-corrected chi connectivity index (χ2v) is 6.61. The standard InChI is InChI=1S/C19H19Cl2NO4/c1-11-4-5-15(21)10-17(11)22-18(23)12(2)26-19(24)13(3)25-16-8-6-14(20)7-9-16/h4-10,12-13H,1-3H3,(H,22,23)/t12-,13+/m1/s1. The molecule has 7 heteroatoms. The third kappa shape index (κ3) is 5.64. The predicted octanol–water partition coefficient (Wildman–Crippen LogP) is 4.64. The van der Waals surface area contributed by atoms with Crippen LogP contribution in [0.5, 0.6) is 5.75 Å². The number of carbonyl (C=O) groups is 2. The summed E-state index contributed by atoms with van der Waals surface area (Å²) in [5.74, 6) is -0.627. The topological polar surface area (TPSA) is 64.6 Å².